The third kappa shape index (κ3) is 12.1. The number of hydrogen-bond acceptors (Lipinski definition) is 1. The molecule has 0 fully saturated rings. The van der Waals surface area contributed by atoms with Crippen molar-refractivity contribution in [3.63, 3.8) is 0 Å². The van der Waals surface area contributed by atoms with E-state index in [4.69, 9.17) is 9.79 Å². The molecule has 0 unspecified atom stereocenters. The van der Waals surface area contributed by atoms with Gasteiger partial charge in [-0.3, -0.25) is 0 Å². The quantitative estimate of drug-likeness (QED) is 0.452. The Labute approximate surface area is 81.2 Å². The molecule has 0 aromatic rings. The average Bonchev–Trinajstić information content (AvgIpc) is 1.14. The molecule has 0 spiro atoms. The molecule has 3 nitrogen and oxygen atoms in total. The van der Waals surface area contributed by atoms with E-state index < -0.39 is 21.1 Å². The fourth-order valence-electron chi connectivity index (χ4n) is 0.618. The van der Waals surface area contributed by atoms with Gasteiger partial charge in [-0.1, -0.05) is 0 Å². The average molecular weight is 344 g/mol. The van der Waals surface area contributed by atoms with Crippen LogP contribution in [-0.4, -0.2) is 28.3 Å². The van der Waals surface area contributed by atoms with Gasteiger partial charge in [0.25, 0.3) is 0 Å². The van der Waals surface area contributed by atoms with Crippen LogP contribution in [0.15, 0.2) is 0 Å². The van der Waals surface area contributed by atoms with Gasteiger partial charge in [-0.15, -0.1) is 24.0 Å². The SMILES string of the molecule is C[AsH](C)(C)CP(=O)(O)O.I. The molecule has 0 atom stereocenters. The van der Waals surface area contributed by atoms with Gasteiger partial charge in [-0.25, -0.2) is 0 Å². The van der Waals surface area contributed by atoms with E-state index in [1.54, 1.807) is 0 Å². The largest absolute Gasteiger partial charge is 0.107 e. The molecule has 0 aliphatic heterocycles. The van der Waals surface area contributed by atoms with Crippen molar-refractivity contribution in [2.24, 2.45) is 0 Å². The second kappa shape index (κ2) is 4.46. The van der Waals surface area contributed by atoms with Crippen molar-refractivity contribution in [2.75, 3.05) is 4.95 Å². The molecule has 0 aromatic carbocycles. The fraction of sp³-hybridized carbons (Fsp3) is 1.00. The normalized spacial score (nSPS) is 14.1. The zero-order valence-electron chi connectivity index (χ0n) is 6.37. The summed E-state index contributed by atoms with van der Waals surface area (Å²) in [6, 6.07) is 0. The second-order valence-corrected chi connectivity index (χ2v) is 17.8. The first-order chi connectivity index (χ1) is 3.71. The van der Waals surface area contributed by atoms with Crippen molar-refractivity contribution in [1.82, 2.24) is 0 Å². The summed E-state index contributed by atoms with van der Waals surface area (Å²) in [5.74, 6) is 0. The molecule has 6 heteroatoms. The molecule has 0 radical (unpaired) electrons. The molecule has 0 aliphatic rings. The van der Waals surface area contributed by atoms with Gasteiger partial charge in [0.1, 0.15) is 0 Å². The minimum Gasteiger partial charge on any atom is -0.107 e. The van der Waals surface area contributed by atoms with Crippen LogP contribution in [0.3, 0.4) is 0 Å². The minimum atomic E-state index is -3.70. The van der Waals surface area contributed by atoms with E-state index in [9.17, 15) is 4.57 Å². The van der Waals surface area contributed by atoms with Gasteiger partial charge < -0.3 is 0 Å². The van der Waals surface area contributed by atoms with Gasteiger partial charge in [0.15, 0.2) is 0 Å². The fourth-order valence-corrected chi connectivity index (χ4v) is 9.63. The van der Waals surface area contributed by atoms with Gasteiger partial charge in [-0.2, -0.15) is 0 Å². The van der Waals surface area contributed by atoms with Crippen LogP contribution < -0.4 is 0 Å². The van der Waals surface area contributed by atoms with Crippen LogP contribution >= 0.6 is 31.6 Å². The maximum Gasteiger partial charge on any atom is -0.107 e. The Morgan fingerprint density at radius 3 is 1.60 bits per heavy atom. The molecule has 0 saturated carbocycles. The van der Waals surface area contributed by atoms with E-state index in [0.29, 0.717) is 0 Å². The minimum absolute atomic E-state index is 0. The van der Waals surface area contributed by atoms with Crippen LogP contribution in [0.4, 0.5) is 0 Å². The Hall–Kier alpha value is 1.44. The summed E-state index contributed by atoms with van der Waals surface area (Å²) in [4.78, 5) is 17.2. The Morgan fingerprint density at radius 2 is 1.60 bits per heavy atom. The topological polar surface area (TPSA) is 57.5 Å². The van der Waals surface area contributed by atoms with E-state index in [0.717, 1.165) is 0 Å². The molecule has 10 heavy (non-hydrogen) atoms. The van der Waals surface area contributed by atoms with Crippen LogP contribution in [0, 0.1) is 0 Å². The van der Waals surface area contributed by atoms with E-state index >= 15 is 0 Å². The van der Waals surface area contributed by atoms with Crippen LogP contribution in [0.1, 0.15) is 0 Å². The van der Waals surface area contributed by atoms with Crippen molar-refractivity contribution < 1.29 is 14.4 Å². The number of rotatable bonds is 2. The van der Waals surface area contributed by atoms with Crippen LogP contribution in [-0.2, 0) is 4.57 Å². The molecule has 66 valence electrons. The zero-order valence-corrected chi connectivity index (χ0v) is 11.7. The Balaban J connectivity index is 0. The van der Waals surface area contributed by atoms with Crippen molar-refractivity contribution in [3.05, 3.63) is 0 Å². The predicted octanol–water partition coefficient (Wildman–Crippen LogP) is 1.39. The number of hydrogen-bond donors (Lipinski definition) is 2. The van der Waals surface area contributed by atoms with E-state index in [-0.39, 0.29) is 28.9 Å². The van der Waals surface area contributed by atoms with E-state index in [2.05, 4.69) is 0 Å². The number of halogens is 1. The molecule has 2 N–H and O–H groups in total. The summed E-state index contributed by atoms with van der Waals surface area (Å²) >= 11 is -2.00. The standard InChI is InChI=1S/C4H14AsO3P.HI/c1-5(2,3)4-9(6,7)8;/h5H,4H2,1-3H3,(H2,6,7,8);1H. The molecular formula is C4H15AsIO3P. The third-order valence-corrected chi connectivity index (χ3v) is 10.6. The first-order valence-electron chi connectivity index (χ1n) is 2.75. The van der Waals surface area contributed by atoms with Gasteiger partial charge in [0.2, 0.25) is 0 Å². The molecule has 0 saturated heterocycles. The molecule has 0 amide bonds. The van der Waals surface area contributed by atoms with Crippen molar-refractivity contribution >= 4 is 45.1 Å². The van der Waals surface area contributed by atoms with Gasteiger partial charge in [0.05, 0.1) is 0 Å². The van der Waals surface area contributed by atoms with Crippen molar-refractivity contribution in [1.29, 1.82) is 0 Å². The first kappa shape index (κ1) is 14.0. The summed E-state index contributed by atoms with van der Waals surface area (Å²) in [5, 5.41) is 0. The van der Waals surface area contributed by atoms with Crippen molar-refractivity contribution in [3.8, 4) is 0 Å². The molecule has 0 aliphatic carbocycles. The molecule has 0 bridgehead atoms. The predicted molar refractivity (Wildman–Crippen MR) is 57.1 cm³/mol. The van der Waals surface area contributed by atoms with Gasteiger partial charge in [-0.05, 0) is 0 Å². The maximum absolute atomic E-state index is 10.4. The Bertz CT molecular complexity index is 138. The van der Waals surface area contributed by atoms with Gasteiger partial charge >= 0.3 is 57.6 Å². The maximum atomic E-state index is 10.4. The first-order valence-corrected chi connectivity index (χ1v) is 12.3. The summed E-state index contributed by atoms with van der Waals surface area (Å²) in [6.07, 6.45) is 0. The molecular weight excluding hydrogens is 329 g/mol. The smallest absolute Gasteiger partial charge is 0.107 e. The Morgan fingerprint density at radius 1 is 1.30 bits per heavy atom. The van der Waals surface area contributed by atoms with E-state index in [1.165, 1.54) is 0 Å². The Kier molecular flexibility index (Phi) is 6.24. The van der Waals surface area contributed by atoms with Crippen LogP contribution in [0.25, 0.3) is 0 Å². The summed E-state index contributed by atoms with van der Waals surface area (Å²) in [5.41, 5.74) is 5.96. The molecule has 0 aromatic heterocycles. The van der Waals surface area contributed by atoms with Crippen molar-refractivity contribution in [2.45, 2.75) is 17.1 Å². The molecule has 0 heterocycles. The molecule has 0 rings (SSSR count). The van der Waals surface area contributed by atoms with E-state index in [1.807, 2.05) is 17.1 Å². The monoisotopic (exact) mass is 344 g/mol. The summed E-state index contributed by atoms with van der Waals surface area (Å²) < 4.78 is 10.4. The summed E-state index contributed by atoms with van der Waals surface area (Å²) in [6.45, 7) is 0. The van der Waals surface area contributed by atoms with Crippen LogP contribution in [0.2, 0.25) is 17.1 Å². The summed E-state index contributed by atoms with van der Waals surface area (Å²) in [7, 11) is -3.70. The zero-order chi connectivity index (χ0) is 7.71. The second-order valence-electron chi connectivity index (χ2n) is 3.38. The van der Waals surface area contributed by atoms with Gasteiger partial charge in [0, 0.05) is 0 Å². The third-order valence-electron chi connectivity index (χ3n) is 0.680. The van der Waals surface area contributed by atoms with Crippen LogP contribution in [0.5, 0.6) is 0 Å².